The number of aromatic nitrogens is 2. The summed E-state index contributed by atoms with van der Waals surface area (Å²) in [4.78, 5) is 32.8. The van der Waals surface area contributed by atoms with E-state index in [0.29, 0.717) is 29.4 Å². The largest absolute Gasteiger partial charge is 0.466 e. The Balaban J connectivity index is 1.73. The lowest BCUT2D eigenvalue weighted by Crippen LogP contribution is -2.38. The molecule has 2 aromatic carbocycles. The van der Waals surface area contributed by atoms with Crippen molar-refractivity contribution in [1.29, 1.82) is 0 Å². The summed E-state index contributed by atoms with van der Waals surface area (Å²) in [7, 11) is 0. The van der Waals surface area contributed by atoms with Crippen LogP contribution in [0.3, 0.4) is 0 Å². The van der Waals surface area contributed by atoms with E-state index in [1.165, 1.54) is 12.4 Å². The lowest BCUT2D eigenvalue weighted by Gasteiger charge is -2.18. The van der Waals surface area contributed by atoms with Crippen molar-refractivity contribution in [3.63, 3.8) is 0 Å². The first-order valence-corrected chi connectivity index (χ1v) is 10.4. The molecule has 0 aliphatic rings. The molecule has 1 amide bonds. The number of halogens is 1. The van der Waals surface area contributed by atoms with Crippen molar-refractivity contribution in [1.82, 2.24) is 15.3 Å². The maximum Gasteiger partial charge on any atom is 0.307 e. The van der Waals surface area contributed by atoms with Crippen LogP contribution in [0.25, 0.3) is 11.1 Å². The van der Waals surface area contributed by atoms with Crippen LogP contribution in [0.1, 0.15) is 35.1 Å². The van der Waals surface area contributed by atoms with E-state index in [-0.39, 0.29) is 18.3 Å². The van der Waals surface area contributed by atoms with Gasteiger partial charge >= 0.3 is 5.97 Å². The van der Waals surface area contributed by atoms with Crippen LogP contribution >= 0.6 is 11.6 Å². The Morgan fingerprint density at radius 2 is 1.77 bits per heavy atom. The van der Waals surface area contributed by atoms with Crippen molar-refractivity contribution in [3.8, 4) is 11.1 Å². The van der Waals surface area contributed by atoms with Gasteiger partial charge in [-0.1, -0.05) is 48.0 Å². The Morgan fingerprint density at radius 3 is 2.42 bits per heavy atom. The van der Waals surface area contributed by atoms with Gasteiger partial charge in [0.15, 0.2) is 0 Å². The smallest absolute Gasteiger partial charge is 0.307 e. The predicted octanol–water partition coefficient (Wildman–Crippen LogP) is 4.40. The second kappa shape index (κ2) is 10.7. The van der Waals surface area contributed by atoms with Crippen molar-refractivity contribution >= 4 is 23.5 Å². The first-order chi connectivity index (χ1) is 14.9. The van der Waals surface area contributed by atoms with Crippen LogP contribution in [0, 0.1) is 6.92 Å². The SMILES string of the molecule is CCOC(=O)C[C@@H](Cc1ccc(-c2cccc(Cl)c2)cc1)NC(=O)c1cnc(C)nc1. The number of esters is 1. The number of rotatable bonds is 8. The third-order valence-electron chi connectivity index (χ3n) is 4.69. The predicted molar refractivity (Wildman–Crippen MR) is 120 cm³/mol. The number of nitrogens with zero attached hydrogens (tertiary/aromatic N) is 2. The van der Waals surface area contributed by atoms with Crippen LogP contribution < -0.4 is 5.32 Å². The fourth-order valence-corrected chi connectivity index (χ4v) is 3.35. The van der Waals surface area contributed by atoms with Gasteiger partial charge in [0.2, 0.25) is 0 Å². The van der Waals surface area contributed by atoms with E-state index in [9.17, 15) is 9.59 Å². The minimum atomic E-state index is -0.426. The molecule has 6 nitrogen and oxygen atoms in total. The molecule has 0 radical (unpaired) electrons. The van der Waals surface area contributed by atoms with Crippen LogP contribution in [0.5, 0.6) is 0 Å². The second-order valence-electron chi connectivity index (χ2n) is 7.11. The Labute approximate surface area is 186 Å². The summed E-state index contributed by atoms with van der Waals surface area (Å²) in [6, 6.07) is 15.2. The van der Waals surface area contributed by atoms with E-state index in [2.05, 4.69) is 15.3 Å². The molecule has 31 heavy (non-hydrogen) atoms. The first-order valence-electron chi connectivity index (χ1n) is 10.0. The summed E-state index contributed by atoms with van der Waals surface area (Å²) in [6.45, 7) is 3.79. The molecule has 0 aliphatic carbocycles. The van der Waals surface area contributed by atoms with E-state index in [0.717, 1.165) is 16.7 Å². The van der Waals surface area contributed by atoms with Gasteiger partial charge in [-0.05, 0) is 49.1 Å². The molecule has 1 N–H and O–H groups in total. The van der Waals surface area contributed by atoms with Crippen LogP contribution in [0.15, 0.2) is 60.9 Å². The average Bonchev–Trinajstić information content (AvgIpc) is 2.75. The molecule has 0 fully saturated rings. The molecule has 0 bridgehead atoms. The normalized spacial score (nSPS) is 11.6. The van der Waals surface area contributed by atoms with Gasteiger partial charge < -0.3 is 10.1 Å². The lowest BCUT2D eigenvalue weighted by molar-refractivity contribution is -0.143. The number of ether oxygens (including phenoxy) is 1. The zero-order chi connectivity index (χ0) is 22.2. The summed E-state index contributed by atoms with van der Waals surface area (Å²) < 4.78 is 5.07. The maximum absolute atomic E-state index is 12.6. The molecule has 1 aromatic heterocycles. The molecule has 0 unspecified atom stereocenters. The molecule has 160 valence electrons. The summed E-state index contributed by atoms with van der Waals surface area (Å²) in [5.41, 5.74) is 3.39. The van der Waals surface area contributed by atoms with Gasteiger partial charge in [-0.15, -0.1) is 0 Å². The van der Waals surface area contributed by atoms with E-state index in [4.69, 9.17) is 16.3 Å². The van der Waals surface area contributed by atoms with Gasteiger partial charge in [0.05, 0.1) is 18.6 Å². The number of amides is 1. The summed E-state index contributed by atoms with van der Waals surface area (Å²) in [5, 5.41) is 3.59. The highest BCUT2D eigenvalue weighted by Crippen LogP contribution is 2.23. The number of benzene rings is 2. The molecule has 0 spiro atoms. The van der Waals surface area contributed by atoms with E-state index < -0.39 is 6.04 Å². The van der Waals surface area contributed by atoms with Crippen molar-refractivity contribution in [3.05, 3.63) is 82.9 Å². The van der Waals surface area contributed by atoms with Gasteiger partial charge in [0, 0.05) is 23.5 Å². The van der Waals surface area contributed by atoms with Crippen LogP contribution in [-0.4, -0.2) is 34.5 Å². The van der Waals surface area contributed by atoms with E-state index in [1.54, 1.807) is 13.8 Å². The van der Waals surface area contributed by atoms with Gasteiger partial charge in [-0.3, -0.25) is 9.59 Å². The number of carbonyl (C=O) groups is 2. The average molecular weight is 438 g/mol. The highest BCUT2D eigenvalue weighted by atomic mass is 35.5. The van der Waals surface area contributed by atoms with Crippen LogP contribution in [0.2, 0.25) is 5.02 Å². The Bertz CT molecular complexity index is 1040. The summed E-state index contributed by atoms with van der Waals surface area (Å²) in [6.07, 6.45) is 3.49. The third kappa shape index (κ3) is 6.62. The fourth-order valence-electron chi connectivity index (χ4n) is 3.16. The first kappa shape index (κ1) is 22.4. The Kier molecular flexibility index (Phi) is 7.73. The maximum atomic E-state index is 12.6. The minimum absolute atomic E-state index is 0.0718. The van der Waals surface area contributed by atoms with E-state index in [1.807, 2.05) is 48.5 Å². The molecule has 1 heterocycles. The molecule has 0 saturated heterocycles. The number of hydrogen-bond donors (Lipinski definition) is 1. The second-order valence-corrected chi connectivity index (χ2v) is 7.55. The topological polar surface area (TPSA) is 81.2 Å². The molecule has 1 atom stereocenters. The molecular formula is C24H24ClN3O3. The molecule has 0 aliphatic heterocycles. The Hall–Kier alpha value is -3.25. The monoisotopic (exact) mass is 437 g/mol. The zero-order valence-corrected chi connectivity index (χ0v) is 18.2. The van der Waals surface area contributed by atoms with Crippen molar-refractivity contribution < 1.29 is 14.3 Å². The zero-order valence-electron chi connectivity index (χ0n) is 17.5. The van der Waals surface area contributed by atoms with Gasteiger partial charge in [-0.2, -0.15) is 0 Å². The molecule has 7 heteroatoms. The molecule has 3 aromatic rings. The summed E-state index contributed by atoms with van der Waals surface area (Å²) in [5.74, 6) is -0.104. The highest BCUT2D eigenvalue weighted by Gasteiger charge is 2.19. The molecule has 3 rings (SSSR count). The highest BCUT2D eigenvalue weighted by molar-refractivity contribution is 6.30. The van der Waals surface area contributed by atoms with Gasteiger partial charge in [-0.25, -0.2) is 9.97 Å². The standard InChI is InChI=1S/C24H24ClN3O3/c1-3-31-23(29)13-22(28-24(30)20-14-26-16(2)27-15-20)11-17-7-9-18(10-8-17)19-5-4-6-21(25)12-19/h4-10,12,14-15,22H,3,11,13H2,1-2H3,(H,28,30)/t22-/m1/s1. The van der Waals surface area contributed by atoms with E-state index >= 15 is 0 Å². The number of carbonyl (C=O) groups excluding carboxylic acids is 2. The minimum Gasteiger partial charge on any atom is -0.466 e. The number of aryl methyl sites for hydroxylation is 1. The third-order valence-corrected chi connectivity index (χ3v) is 4.93. The van der Waals surface area contributed by atoms with Crippen LogP contribution in [-0.2, 0) is 16.0 Å². The van der Waals surface area contributed by atoms with Gasteiger partial charge in [0.25, 0.3) is 5.91 Å². The van der Waals surface area contributed by atoms with Gasteiger partial charge in [0.1, 0.15) is 5.82 Å². The number of hydrogen-bond acceptors (Lipinski definition) is 5. The lowest BCUT2D eigenvalue weighted by atomic mass is 9.99. The summed E-state index contributed by atoms with van der Waals surface area (Å²) >= 11 is 6.08. The fraction of sp³-hybridized carbons (Fsp3) is 0.250. The quantitative estimate of drug-likeness (QED) is 0.528. The van der Waals surface area contributed by atoms with Crippen molar-refractivity contribution in [2.24, 2.45) is 0 Å². The van der Waals surface area contributed by atoms with Crippen molar-refractivity contribution in [2.45, 2.75) is 32.7 Å². The molecular weight excluding hydrogens is 414 g/mol. The van der Waals surface area contributed by atoms with Crippen LogP contribution in [0.4, 0.5) is 0 Å². The van der Waals surface area contributed by atoms with Crippen molar-refractivity contribution in [2.75, 3.05) is 6.61 Å². The Morgan fingerprint density at radius 1 is 1.06 bits per heavy atom. The number of nitrogens with one attached hydrogen (secondary N) is 1. The molecule has 0 saturated carbocycles.